The summed E-state index contributed by atoms with van der Waals surface area (Å²) in [6.07, 6.45) is 4.78. The first kappa shape index (κ1) is 35.4. The molecule has 8 heteroatoms. The van der Waals surface area contributed by atoms with Gasteiger partial charge < -0.3 is 20.0 Å². The number of hydrogen-bond acceptors (Lipinski definition) is 6. The van der Waals surface area contributed by atoms with Gasteiger partial charge in [-0.05, 0) is 111 Å². The molecule has 0 bridgehead atoms. The van der Waals surface area contributed by atoms with Crippen molar-refractivity contribution in [3.63, 3.8) is 0 Å². The van der Waals surface area contributed by atoms with Gasteiger partial charge in [0.2, 0.25) is 0 Å². The minimum atomic E-state index is -1.07. The van der Waals surface area contributed by atoms with Crippen molar-refractivity contribution in [1.82, 2.24) is 0 Å². The van der Waals surface area contributed by atoms with Gasteiger partial charge in [-0.1, -0.05) is 48.6 Å². The third-order valence-corrected chi connectivity index (χ3v) is 8.53. The van der Waals surface area contributed by atoms with Crippen LogP contribution in [0.15, 0.2) is 84.9 Å². The lowest BCUT2D eigenvalue weighted by Crippen LogP contribution is -2.29. The standard InChI is InChI=1S/C40H42N2O6/c1-5-41(6-2)35-15-9-29(10-16-35)7-8-30-11-17-36(18-12-30)42(23-21-33-25-31(27(3)43)13-19-37(33)39(45)46)24-22-34-26-32(28(4)44)14-20-38(34)40(47)48/h7-20,25-26H,5-6,21-24H2,1-4H3,(H,45,46)(H,47,48)/b8-7+. The van der Waals surface area contributed by atoms with E-state index in [9.17, 15) is 29.4 Å². The normalized spacial score (nSPS) is 11.0. The molecule has 8 nitrogen and oxygen atoms in total. The third-order valence-electron chi connectivity index (χ3n) is 8.53. The fourth-order valence-corrected chi connectivity index (χ4v) is 5.71. The van der Waals surface area contributed by atoms with E-state index in [0.717, 1.165) is 29.9 Å². The maximum absolute atomic E-state index is 12.1. The molecule has 0 aliphatic rings. The van der Waals surface area contributed by atoms with E-state index in [1.54, 1.807) is 12.1 Å². The SMILES string of the molecule is CCN(CC)c1ccc(/C=C/c2ccc(N(CCc3cc(C(C)=O)ccc3C(=O)O)CCc3cc(C(C)=O)ccc3C(=O)O)cc2)cc1. The summed E-state index contributed by atoms with van der Waals surface area (Å²) in [5.74, 6) is -2.45. The minimum Gasteiger partial charge on any atom is -0.478 e. The van der Waals surface area contributed by atoms with Gasteiger partial charge in [-0.2, -0.15) is 0 Å². The molecule has 0 heterocycles. The van der Waals surface area contributed by atoms with Crippen LogP contribution in [-0.4, -0.2) is 59.9 Å². The number of ketones is 2. The highest BCUT2D eigenvalue weighted by Crippen LogP contribution is 2.23. The molecule has 0 aliphatic heterocycles. The van der Waals surface area contributed by atoms with Crippen molar-refractivity contribution < 1.29 is 29.4 Å². The van der Waals surface area contributed by atoms with E-state index in [2.05, 4.69) is 54.0 Å². The van der Waals surface area contributed by atoms with Gasteiger partial charge in [0, 0.05) is 48.7 Å². The van der Waals surface area contributed by atoms with E-state index < -0.39 is 11.9 Å². The second kappa shape index (κ2) is 16.4. The zero-order chi connectivity index (χ0) is 34.8. The Bertz CT molecular complexity index is 1730. The maximum Gasteiger partial charge on any atom is 0.335 e. The molecule has 4 rings (SSSR count). The van der Waals surface area contributed by atoms with Crippen LogP contribution in [0, 0.1) is 0 Å². The van der Waals surface area contributed by atoms with Crippen LogP contribution < -0.4 is 9.80 Å². The summed E-state index contributed by atoms with van der Waals surface area (Å²) >= 11 is 0. The van der Waals surface area contributed by atoms with Gasteiger partial charge in [-0.25, -0.2) is 9.59 Å². The molecule has 2 N–H and O–H groups in total. The summed E-state index contributed by atoms with van der Waals surface area (Å²) in [5, 5.41) is 19.6. The Kier molecular flexibility index (Phi) is 12.1. The number of hydrogen-bond donors (Lipinski definition) is 2. The van der Waals surface area contributed by atoms with E-state index >= 15 is 0 Å². The number of benzene rings is 4. The largest absolute Gasteiger partial charge is 0.478 e. The number of carbonyl (C=O) groups is 4. The fourth-order valence-electron chi connectivity index (χ4n) is 5.71. The van der Waals surface area contributed by atoms with Crippen molar-refractivity contribution in [3.8, 4) is 0 Å². The molecule has 248 valence electrons. The van der Waals surface area contributed by atoms with Crippen molar-refractivity contribution in [3.05, 3.63) is 129 Å². The van der Waals surface area contributed by atoms with Gasteiger partial charge in [0.15, 0.2) is 11.6 Å². The second-order valence-electron chi connectivity index (χ2n) is 11.6. The quantitative estimate of drug-likeness (QED) is 0.0936. The number of nitrogens with zero attached hydrogens (tertiary/aromatic N) is 2. The van der Waals surface area contributed by atoms with Crippen LogP contribution in [0.4, 0.5) is 11.4 Å². The molecule has 48 heavy (non-hydrogen) atoms. The number of aromatic carboxylic acids is 2. The van der Waals surface area contributed by atoms with E-state index in [1.165, 1.54) is 43.8 Å². The monoisotopic (exact) mass is 646 g/mol. The Morgan fingerprint density at radius 3 is 1.27 bits per heavy atom. The molecule has 4 aromatic carbocycles. The molecule has 0 saturated heterocycles. The number of rotatable bonds is 16. The van der Waals surface area contributed by atoms with Gasteiger partial charge in [-0.15, -0.1) is 0 Å². The molecule has 0 spiro atoms. The Labute approximate surface area is 282 Å². The van der Waals surface area contributed by atoms with Crippen LogP contribution in [0.3, 0.4) is 0 Å². The second-order valence-corrected chi connectivity index (χ2v) is 11.6. The predicted octanol–water partition coefficient (Wildman–Crippen LogP) is 7.80. The Morgan fingerprint density at radius 1 is 0.562 bits per heavy atom. The van der Waals surface area contributed by atoms with Gasteiger partial charge >= 0.3 is 11.9 Å². The average Bonchev–Trinajstić information content (AvgIpc) is 3.08. The lowest BCUT2D eigenvalue weighted by atomic mass is 9.98. The highest BCUT2D eigenvalue weighted by Gasteiger charge is 2.17. The van der Waals surface area contributed by atoms with Gasteiger partial charge in [0.1, 0.15) is 0 Å². The molecule has 0 aromatic heterocycles. The van der Waals surface area contributed by atoms with Crippen molar-refractivity contribution >= 4 is 47.0 Å². The van der Waals surface area contributed by atoms with Crippen molar-refractivity contribution in [2.45, 2.75) is 40.5 Å². The highest BCUT2D eigenvalue weighted by molar-refractivity contribution is 5.97. The first-order valence-corrected chi connectivity index (χ1v) is 16.1. The van der Waals surface area contributed by atoms with E-state index in [4.69, 9.17) is 0 Å². The number of carboxylic acids is 2. The summed E-state index contributed by atoms with van der Waals surface area (Å²) in [6.45, 7) is 9.88. The number of carboxylic acid groups (broad SMARTS) is 2. The number of carbonyl (C=O) groups excluding carboxylic acids is 2. The summed E-state index contributed by atoms with van der Waals surface area (Å²) in [7, 11) is 0. The van der Waals surface area contributed by atoms with Crippen LogP contribution in [0.2, 0.25) is 0 Å². The van der Waals surface area contributed by atoms with Gasteiger partial charge in [-0.3, -0.25) is 9.59 Å². The highest BCUT2D eigenvalue weighted by atomic mass is 16.4. The molecule has 4 aromatic rings. The summed E-state index contributed by atoms with van der Waals surface area (Å²) in [4.78, 5) is 52.5. The molecular formula is C40H42N2O6. The van der Waals surface area contributed by atoms with E-state index in [-0.39, 0.29) is 22.7 Å². The lowest BCUT2D eigenvalue weighted by molar-refractivity contribution is 0.0685. The number of anilines is 2. The molecule has 0 fully saturated rings. The van der Waals surface area contributed by atoms with Crippen LogP contribution in [-0.2, 0) is 12.8 Å². The van der Waals surface area contributed by atoms with Gasteiger partial charge in [0.25, 0.3) is 0 Å². The van der Waals surface area contributed by atoms with Crippen LogP contribution in [0.25, 0.3) is 12.2 Å². The Morgan fingerprint density at radius 2 is 0.938 bits per heavy atom. The topological polar surface area (TPSA) is 115 Å². The van der Waals surface area contributed by atoms with Crippen molar-refractivity contribution in [1.29, 1.82) is 0 Å². The van der Waals surface area contributed by atoms with Crippen molar-refractivity contribution in [2.24, 2.45) is 0 Å². The molecule has 0 aliphatic carbocycles. The predicted molar refractivity (Wildman–Crippen MR) is 192 cm³/mol. The Balaban J connectivity index is 1.60. The minimum absolute atomic E-state index is 0.132. The summed E-state index contributed by atoms with van der Waals surface area (Å²) < 4.78 is 0. The summed E-state index contributed by atoms with van der Waals surface area (Å²) in [5.41, 5.74) is 6.36. The molecule has 0 unspecified atom stereocenters. The average molecular weight is 647 g/mol. The van der Waals surface area contributed by atoms with Gasteiger partial charge in [0.05, 0.1) is 11.1 Å². The molecular weight excluding hydrogens is 604 g/mol. The lowest BCUT2D eigenvalue weighted by Gasteiger charge is -2.26. The van der Waals surface area contributed by atoms with Crippen LogP contribution in [0.5, 0.6) is 0 Å². The molecule has 0 radical (unpaired) electrons. The first-order valence-electron chi connectivity index (χ1n) is 16.1. The summed E-state index contributed by atoms with van der Waals surface area (Å²) in [6, 6.07) is 25.6. The molecule has 0 amide bonds. The first-order chi connectivity index (χ1) is 23.0. The van der Waals surface area contributed by atoms with Crippen LogP contribution in [0.1, 0.15) is 91.4 Å². The van der Waals surface area contributed by atoms with Crippen molar-refractivity contribution in [2.75, 3.05) is 36.0 Å². The smallest absolute Gasteiger partial charge is 0.335 e. The molecule has 0 atom stereocenters. The zero-order valence-electron chi connectivity index (χ0n) is 27.9. The molecule has 0 saturated carbocycles. The van der Waals surface area contributed by atoms with E-state index in [1.807, 2.05) is 30.3 Å². The maximum atomic E-state index is 12.1. The van der Waals surface area contributed by atoms with E-state index in [0.29, 0.717) is 48.2 Å². The van der Waals surface area contributed by atoms with Crippen LogP contribution >= 0.6 is 0 Å². The third kappa shape index (κ3) is 9.06. The fraction of sp³-hybridized carbons (Fsp3) is 0.250. The Hall–Kier alpha value is -5.50. The number of Topliss-reactive ketones (excluding diaryl/α,β-unsaturated/α-hetero) is 2. The zero-order valence-corrected chi connectivity index (χ0v) is 27.9.